The molecule has 0 aliphatic carbocycles. The van der Waals surface area contributed by atoms with Crippen LogP contribution < -0.4 is 4.74 Å². The van der Waals surface area contributed by atoms with E-state index in [1.54, 1.807) is 6.07 Å². The molecule has 1 atom stereocenters. The summed E-state index contributed by atoms with van der Waals surface area (Å²) in [5, 5.41) is 4.45. The van der Waals surface area contributed by atoms with E-state index in [1.165, 1.54) is 0 Å². The molecule has 2 aromatic heterocycles. The van der Waals surface area contributed by atoms with Gasteiger partial charge in [0.1, 0.15) is 18.1 Å². The Morgan fingerprint density at radius 2 is 2.20 bits per heavy atom. The predicted octanol–water partition coefficient (Wildman–Crippen LogP) is 2.95. The molecule has 0 fully saturated rings. The van der Waals surface area contributed by atoms with Crippen molar-refractivity contribution in [3.8, 4) is 5.75 Å². The number of ether oxygens (including phenoxy) is 1. The quantitative estimate of drug-likeness (QED) is 0.759. The second kappa shape index (κ2) is 6.32. The fourth-order valence-corrected chi connectivity index (χ4v) is 1.81. The monoisotopic (exact) mass is 273 g/mol. The van der Waals surface area contributed by atoms with Crippen LogP contribution in [0.4, 0.5) is 0 Å². The summed E-state index contributed by atoms with van der Waals surface area (Å²) in [6.45, 7) is 6.41. The molecule has 106 valence electrons. The van der Waals surface area contributed by atoms with E-state index in [1.807, 2.05) is 29.9 Å². The van der Waals surface area contributed by atoms with Gasteiger partial charge in [-0.15, -0.1) is 0 Å². The lowest BCUT2D eigenvalue weighted by atomic mass is 10.3. The second-order valence-electron chi connectivity index (χ2n) is 4.79. The van der Waals surface area contributed by atoms with Gasteiger partial charge in [-0.1, -0.05) is 6.92 Å². The number of aromatic nitrogens is 3. The van der Waals surface area contributed by atoms with Crippen molar-refractivity contribution in [1.29, 1.82) is 0 Å². The molecule has 0 aliphatic rings. The van der Waals surface area contributed by atoms with Crippen molar-refractivity contribution < 1.29 is 9.53 Å². The third-order valence-electron chi connectivity index (χ3n) is 3.22. The topological polar surface area (TPSA) is 57.0 Å². The summed E-state index contributed by atoms with van der Waals surface area (Å²) in [5.41, 5.74) is 1.95. The van der Waals surface area contributed by atoms with Crippen LogP contribution in [0.5, 0.6) is 5.75 Å². The molecule has 0 saturated heterocycles. The summed E-state index contributed by atoms with van der Waals surface area (Å²) in [4.78, 5) is 15.1. The van der Waals surface area contributed by atoms with Gasteiger partial charge in [0, 0.05) is 17.9 Å². The van der Waals surface area contributed by atoms with Gasteiger partial charge < -0.3 is 4.74 Å². The maximum atomic E-state index is 11.0. The van der Waals surface area contributed by atoms with E-state index < -0.39 is 0 Å². The molecule has 2 heterocycles. The number of pyridine rings is 1. The van der Waals surface area contributed by atoms with Crippen LogP contribution >= 0.6 is 0 Å². The van der Waals surface area contributed by atoms with Crippen LogP contribution in [0.2, 0.25) is 0 Å². The fraction of sp³-hybridized carbons (Fsp3) is 0.400. The van der Waals surface area contributed by atoms with Gasteiger partial charge in [-0.3, -0.25) is 9.48 Å². The number of nitrogens with zero attached hydrogens (tertiary/aromatic N) is 3. The molecule has 5 nitrogen and oxygen atoms in total. The molecule has 2 rings (SSSR count). The Morgan fingerprint density at radius 1 is 1.40 bits per heavy atom. The van der Waals surface area contributed by atoms with Gasteiger partial charge in [-0.25, -0.2) is 4.98 Å². The highest BCUT2D eigenvalue weighted by Crippen LogP contribution is 2.17. The molecular weight excluding hydrogens is 254 g/mol. The van der Waals surface area contributed by atoms with Crippen molar-refractivity contribution >= 4 is 6.29 Å². The highest BCUT2D eigenvalue weighted by molar-refractivity contribution is 5.76. The molecule has 0 bridgehead atoms. The van der Waals surface area contributed by atoms with Crippen molar-refractivity contribution in [3.05, 3.63) is 41.5 Å². The SMILES string of the molecule is CCC(C)n1ccc(COc2ccc(C)nc2C=O)n1. The predicted molar refractivity (Wildman–Crippen MR) is 75.9 cm³/mol. The summed E-state index contributed by atoms with van der Waals surface area (Å²) >= 11 is 0. The van der Waals surface area contributed by atoms with E-state index in [4.69, 9.17) is 4.74 Å². The van der Waals surface area contributed by atoms with Crippen LogP contribution in [-0.2, 0) is 6.61 Å². The third kappa shape index (κ3) is 3.23. The maximum absolute atomic E-state index is 11.0. The van der Waals surface area contributed by atoms with Gasteiger partial charge in [0.05, 0.1) is 5.69 Å². The number of aldehydes is 1. The van der Waals surface area contributed by atoms with Gasteiger partial charge in [-0.2, -0.15) is 5.10 Å². The minimum atomic E-state index is 0.325. The lowest BCUT2D eigenvalue weighted by Crippen LogP contribution is -2.06. The molecule has 0 N–H and O–H groups in total. The van der Waals surface area contributed by atoms with E-state index in [-0.39, 0.29) is 0 Å². The number of aryl methyl sites for hydroxylation is 1. The van der Waals surface area contributed by atoms with Gasteiger partial charge in [0.2, 0.25) is 0 Å². The molecule has 0 aliphatic heterocycles. The van der Waals surface area contributed by atoms with Gasteiger partial charge in [-0.05, 0) is 38.5 Å². The molecule has 0 radical (unpaired) electrons. The summed E-state index contributed by atoms with van der Waals surface area (Å²) in [7, 11) is 0. The minimum Gasteiger partial charge on any atom is -0.485 e. The molecule has 0 aromatic carbocycles. The molecule has 0 spiro atoms. The lowest BCUT2D eigenvalue weighted by Gasteiger charge is -2.09. The van der Waals surface area contributed by atoms with E-state index >= 15 is 0 Å². The highest BCUT2D eigenvalue weighted by atomic mass is 16.5. The molecule has 0 saturated carbocycles. The average molecular weight is 273 g/mol. The summed E-state index contributed by atoms with van der Waals surface area (Å²) in [6.07, 6.45) is 3.68. The van der Waals surface area contributed by atoms with Crippen molar-refractivity contribution in [2.75, 3.05) is 0 Å². The molecule has 1 unspecified atom stereocenters. The number of rotatable bonds is 6. The van der Waals surface area contributed by atoms with E-state index in [2.05, 4.69) is 23.9 Å². The zero-order chi connectivity index (χ0) is 14.5. The zero-order valence-corrected chi connectivity index (χ0v) is 12.0. The van der Waals surface area contributed by atoms with E-state index in [0.29, 0.717) is 30.4 Å². The van der Waals surface area contributed by atoms with E-state index in [0.717, 1.165) is 17.8 Å². The fourth-order valence-electron chi connectivity index (χ4n) is 1.81. The first-order valence-electron chi connectivity index (χ1n) is 6.73. The zero-order valence-electron chi connectivity index (χ0n) is 12.0. The number of hydrogen-bond acceptors (Lipinski definition) is 4. The Labute approximate surface area is 118 Å². The second-order valence-corrected chi connectivity index (χ2v) is 4.79. The van der Waals surface area contributed by atoms with Crippen LogP contribution in [0.25, 0.3) is 0 Å². The van der Waals surface area contributed by atoms with Gasteiger partial charge in [0.15, 0.2) is 6.29 Å². The van der Waals surface area contributed by atoms with Crippen LogP contribution in [0.1, 0.15) is 48.2 Å². The summed E-state index contributed by atoms with van der Waals surface area (Å²) < 4.78 is 7.55. The molecule has 2 aromatic rings. The van der Waals surface area contributed by atoms with Crippen LogP contribution in [0.15, 0.2) is 24.4 Å². The lowest BCUT2D eigenvalue weighted by molar-refractivity contribution is 0.111. The number of hydrogen-bond donors (Lipinski definition) is 0. The van der Waals surface area contributed by atoms with Gasteiger partial charge >= 0.3 is 0 Å². The molecular formula is C15H19N3O2. The smallest absolute Gasteiger partial charge is 0.172 e. The molecule has 0 amide bonds. The first-order valence-corrected chi connectivity index (χ1v) is 6.73. The maximum Gasteiger partial charge on any atom is 0.172 e. The normalized spacial score (nSPS) is 12.2. The summed E-state index contributed by atoms with van der Waals surface area (Å²) in [6, 6.07) is 5.88. The Balaban J connectivity index is 2.05. The molecule has 20 heavy (non-hydrogen) atoms. The Kier molecular flexibility index (Phi) is 4.50. The Bertz CT molecular complexity index is 593. The third-order valence-corrected chi connectivity index (χ3v) is 3.22. The number of carbonyl (C=O) groups is 1. The molecule has 5 heteroatoms. The van der Waals surface area contributed by atoms with Crippen LogP contribution in [0, 0.1) is 6.92 Å². The number of carbonyl (C=O) groups excluding carboxylic acids is 1. The van der Waals surface area contributed by atoms with Gasteiger partial charge in [0.25, 0.3) is 0 Å². The van der Waals surface area contributed by atoms with Crippen LogP contribution in [0.3, 0.4) is 0 Å². The standard InChI is InChI=1S/C15H19N3O2/c1-4-12(3)18-8-7-13(17-18)10-20-15-6-5-11(2)16-14(15)9-19/h5-9,12H,4,10H2,1-3H3. The first-order chi connectivity index (χ1) is 9.63. The van der Waals surface area contributed by atoms with Crippen molar-refractivity contribution in [2.45, 2.75) is 39.8 Å². The Hall–Kier alpha value is -2.17. The largest absolute Gasteiger partial charge is 0.485 e. The first kappa shape index (κ1) is 14.2. The average Bonchev–Trinajstić information content (AvgIpc) is 2.93. The summed E-state index contributed by atoms with van der Waals surface area (Å²) in [5.74, 6) is 0.490. The van der Waals surface area contributed by atoms with Crippen molar-refractivity contribution in [3.63, 3.8) is 0 Å². The van der Waals surface area contributed by atoms with E-state index in [9.17, 15) is 4.79 Å². The minimum absolute atomic E-state index is 0.325. The van der Waals surface area contributed by atoms with Crippen molar-refractivity contribution in [1.82, 2.24) is 14.8 Å². The highest BCUT2D eigenvalue weighted by Gasteiger charge is 2.08. The van der Waals surface area contributed by atoms with Crippen molar-refractivity contribution in [2.24, 2.45) is 0 Å². The van der Waals surface area contributed by atoms with Crippen LogP contribution in [-0.4, -0.2) is 21.1 Å². The Morgan fingerprint density at radius 3 is 2.90 bits per heavy atom.